The maximum Gasteiger partial charge on any atom is 0.259 e. The van der Waals surface area contributed by atoms with Crippen molar-refractivity contribution in [1.82, 2.24) is 19.5 Å². The van der Waals surface area contributed by atoms with Gasteiger partial charge in [-0.3, -0.25) is 14.7 Å². The zero-order valence-electron chi connectivity index (χ0n) is 15.7. The number of benzene rings is 1. The Bertz CT molecular complexity index is 1120. The molecule has 1 N–H and O–H groups in total. The number of nitrogens with zero attached hydrogens (tertiary/aromatic N) is 4. The van der Waals surface area contributed by atoms with Crippen LogP contribution in [0.2, 0.25) is 0 Å². The highest BCUT2D eigenvalue weighted by atomic mass is 32.1. The zero-order chi connectivity index (χ0) is 20.2. The van der Waals surface area contributed by atoms with Gasteiger partial charge >= 0.3 is 0 Å². The number of aromatic nitrogens is 4. The van der Waals surface area contributed by atoms with Gasteiger partial charge in [0.15, 0.2) is 5.13 Å². The molecule has 4 rings (SSSR count). The topological polar surface area (TPSA) is 91.2 Å². The zero-order valence-corrected chi connectivity index (χ0v) is 16.5. The summed E-state index contributed by atoms with van der Waals surface area (Å²) >= 11 is 1.33. The lowest BCUT2D eigenvalue weighted by atomic mass is 10.1. The first kappa shape index (κ1) is 18.6. The third kappa shape index (κ3) is 3.94. The summed E-state index contributed by atoms with van der Waals surface area (Å²) in [6, 6.07) is 8.94. The van der Waals surface area contributed by atoms with E-state index in [4.69, 9.17) is 9.47 Å². The van der Waals surface area contributed by atoms with Gasteiger partial charge in [0.1, 0.15) is 23.6 Å². The highest BCUT2D eigenvalue weighted by Gasteiger charge is 2.14. The molecule has 0 bridgehead atoms. The Morgan fingerprint density at radius 2 is 2.07 bits per heavy atom. The summed E-state index contributed by atoms with van der Waals surface area (Å²) in [5.74, 6) is 1.77. The van der Waals surface area contributed by atoms with Gasteiger partial charge in [0.05, 0.1) is 25.5 Å². The predicted molar refractivity (Wildman–Crippen MR) is 110 cm³/mol. The van der Waals surface area contributed by atoms with Crippen LogP contribution in [0.1, 0.15) is 10.4 Å². The van der Waals surface area contributed by atoms with Crippen LogP contribution in [-0.4, -0.2) is 39.6 Å². The fourth-order valence-electron chi connectivity index (χ4n) is 2.71. The number of carbonyl (C=O) groups excluding carboxylic acids is 1. The molecule has 8 nitrogen and oxygen atoms in total. The van der Waals surface area contributed by atoms with Gasteiger partial charge in [0.25, 0.3) is 5.91 Å². The molecule has 0 radical (unpaired) electrons. The van der Waals surface area contributed by atoms with Crippen LogP contribution < -0.4 is 14.8 Å². The molecule has 9 heteroatoms. The van der Waals surface area contributed by atoms with E-state index in [0.29, 0.717) is 33.7 Å². The summed E-state index contributed by atoms with van der Waals surface area (Å²) in [4.78, 5) is 25.3. The number of carbonyl (C=O) groups is 1. The van der Waals surface area contributed by atoms with E-state index in [1.807, 2.05) is 23.6 Å². The second kappa shape index (κ2) is 8.11. The van der Waals surface area contributed by atoms with Crippen molar-refractivity contribution in [2.75, 3.05) is 19.5 Å². The number of rotatable bonds is 6. The van der Waals surface area contributed by atoms with Crippen molar-refractivity contribution < 1.29 is 14.3 Å². The number of hydrogen-bond acceptors (Lipinski definition) is 7. The minimum Gasteiger partial charge on any atom is -0.497 e. The molecule has 4 aromatic rings. The predicted octanol–water partition coefficient (Wildman–Crippen LogP) is 3.66. The second-order valence-corrected chi connectivity index (χ2v) is 6.79. The summed E-state index contributed by atoms with van der Waals surface area (Å²) < 4.78 is 12.4. The lowest BCUT2D eigenvalue weighted by Gasteiger charge is -2.08. The van der Waals surface area contributed by atoms with Crippen LogP contribution in [0.15, 0.2) is 60.6 Å². The Kier molecular flexibility index (Phi) is 5.21. The molecule has 1 aromatic carbocycles. The Balaban J connectivity index is 1.51. The van der Waals surface area contributed by atoms with Crippen LogP contribution in [0.5, 0.6) is 11.5 Å². The SMILES string of the molecule is COc1ccc(OC)c(-c2csc(NC(=O)c3ccc(-n4ccnc4)nc3)n2)c1. The molecule has 0 saturated carbocycles. The Morgan fingerprint density at radius 1 is 1.17 bits per heavy atom. The van der Waals surface area contributed by atoms with Crippen molar-refractivity contribution in [3.05, 3.63) is 66.2 Å². The van der Waals surface area contributed by atoms with Crippen LogP contribution in [-0.2, 0) is 0 Å². The quantitative estimate of drug-likeness (QED) is 0.525. The van der Waals surface area contributed by atoms with Crippen molar-refractivity contribution in [2.24, 2.45) is 0 Å². The minimum atomic E-state index is -0.284. The normalized spacial score (nSPS) is 10.6. The van der Waals surface area contributed by atoms with Gasteiger partial charge < -0.3 is 9.47 Å². The summed E-state index contributed by atoms with van der Waals surface area (Å²) in [7, 11) is 3.20. The molecule has 29 heavy (non-hydrogen) atoms. The summed E-state index contributed by atoms with van der Waals surface area (Å²) in [6.07, 6.45) is 6.61. The van der Waals surface area contributed by atoms with E-state index in [-0.39, 0.29) is 5.91 Å². The van der Waals surface area contributed by atoms with Gasteiger partial charge in [-0.05, 0) is 30.3 Å². The molecule has 0 atom stereocenters. The van der Waals surface area contributed by atoms with Crippen LogP contribution in [0.25, 0.3) is 17.1 Å². The highest BCUT2D eigenvalue weighted by Crippen LogP contribution is 2.35. The number of thiazole rings is 1. The van der Waals surface area contributed by atoms with Gasteiger partial charge in [0.2, 0.25) is 0 Å². The van der Waals surface area contributed by atoms with Gasteiger partial charge in [-0.1, -0.05) is 0 Å². The average Bonchev–Trinajstić information content (AvgIpc) is 3.46. The van der Waals surface area contributed by atoms with Crippen LogP contribution in [0.3, 0.4) is 0 Å². The van der Waals surface area contributed by atoms with E-state index in [9.17, 15) is 4.79 Å². The molecule has 0 aliphatic rings. The Morgan fingerprint density at radius 3 is 2.76 bits per heavy atom. The van der Waals surface area contributed by atoms with Crippen molar-refractivity contribution in [1.29, 1.82) is 0 Å². The molecular weight excluding hydrogens is 390 g/mol. The van der Waals surface area contributed by atoms with Crippen LogP contribution >= 0.6 is 11.3 Å². The monoisotopic (exact) mass is 407 g/mol. The summed E-state index contributed by atoms with van der Waals surface area (Å²) in [5, 5.41) is 5.14. The van der Waals surface area contributed by atoms with Gasteiger partial charge in [-0.25, -0.2) is 15.0 Å². The molecule has 3 aromatic heterocycles. The van der Waals surface area contributed by atoms with Crippen LogP contribution in [0, 0.1) is 0 Å². The standard InChI is InChI=1S/C20H17N5O3S/c1-27-14-4-5-17(28-2)15(9-14)16-11-29-20(23-16)24-19(26)13-3-6-18(22-10-13)25-8-7-21-12-25/h3-12H,1-2H3,(H,23,24,26). The molecule has 146 valence electrons. The first-order valence-electron chi connectivity index (χ1n) is 8.61. The number of imidazole rings is 1. The number of amides is 1. The maximum atomic E-state index is 12.5. The number of anilines is 1. The number of methoxy groups -OCH3 is 2. The summed E-state index contributed by atoms with van der Waals surface area (Å²) in [5.41, 5.74) is 1.91. The first-order chi connectivity index (χ1) is 14.2. The molecule has 0 fully saturated rings. The van der Waals surface area contributed by atoms with E-state index < -0.39 is 0 Å². The van der Waals surface area contributed by atoms with Crippen LogP contribution in [0.4, 0.5) is 5.13 Å². The largest absolute Gasteiger partial charge is 0.497 e. The van der Waals surface area contributed by atoms with E-state index in [1.165, 1.54) is 17.5 Å². The molecule has 0 aliphatic heterocycles. The summed E-state index contributed by atoms with van der Waals surface area (Å²) in [6.45, 7) is 0. The van der Waals surface area contributed by atoms with E-state index in [0.717, 1.165) is 5.56 Å². The third-order valence-electron chi connectivity index (χ3n) is 4.19. The van der Waals surface area contributed by atoms with Crippen molar-refractivity contribution in [2.45, 2.75) is 0 Å². The molecule has 0 aliphatic carbocycles. The van der Waals surface area contributed by atoms with Gasteiger partial charge in [-0.15, -0.1) is 11.3 Å². The highest BCUT2D eigenvalue weighted by molar-refractivity contribution is 7.14. The molecule has 0 saturated heterocycles. The Hall–Kier alpha value is -3.72. The molecule has 0 unspecified atom stereocenters. The van der Waals surface area contributed by atoms with Gasteiger partial charge in [0, 0.05) is 29.5 Å². The minimum absolute atomic E-state index is 0.284. The third-order valence-corrected chi connectivity index (χ3v) is 4.94. The molecule has 1 amide bonds. The first-order valence-corrected chi connectivity index (χ1v) is 9.49. The number of nitrogens with one attached hydrogen (secondary N) is 1. The van der Waals surface area contributed by atoms with Crippen molar-refractivity contribution in [3.63, 3.8) is 0 Å². The van der Waals surface area contributed by atoms with Crippen molar-refractivity contribution >= 4 is 22.4 Å². The maximum absolute atomic E-state index is 12.5. The van der Waals surface area contributed by atoms with E-state index in [1.54, 1.807) is 49.6 Å². The number of hydrogen-bond donors (Lipinski definition) is 1. The van der Waals surface area contributed by atoms with Gasteiger partial charge in [-0.2, -0.15) is 0 Å². The second-order valence-electron chi connectivity index (χ2n) is 5.93. The van der Waals surface area contributed by atoms with E-state index in [2.05, 4.69) is 20.3 Å². The van der Waals surface area contributed by atoms with E-state index >= 15 is 0 Å². The average molecular weight is 407 g/mol. The smallest absolute Gasteiger partial charge is 0.259 e. The lowest BCUT2D eigenvalue weighted by molar-refractivity contribution is 0.102. The number of pyridine rings is 1. The molecule has 3 heterocycles. The Labute approximate surface area is 170 Å². The molecular formula is C20H17N5O3S. The number of ether oxygens (including phenoxy) is 2. The fourth-order valence-corrected chi connectivity index (χ4v) is 3.41. The molecule has 0 spiro atoms. The van der Waals surface area contributed by atoms with Crippen molar-refractivity contribution in [3.8, 4) is 28.6 Å². The lowest BCUT2D eigenvalue weighted by Crippen LogP contribution is -2.12. The fraction of sp³-hybridized carbons (Fsp3) is 0.100.